The molecule has 0 bridgehead atoms. The first-order valence-corrected chi connectivity index (χ1v) is 13.1. The van der Waals surface area contributed by atoms with E-state index in [2.05, 4.69) is 22.4 Å². The summed E-state index contributed by atoms with van der Waals surface area (Å²) in [5.41, 5.74) is 2.03. The molecule has 10 heteroatoms. The summed E-state index contributed by atoms with van der Waals surface area (Å²) in [6.07, 6.45) is 0.977. The van der Waals surface area contributed by atoms with Gasteiger partial charge in [0.1, 0.15) is 5.01 Å². The second-order valence-corrected chi connectivity index (χ2v) is 10.9. The summed E-state index contributed by atoms with van der Waals surface area (Å²) in [6, 6.07) is 15.9. The Kier molecular flexibility index (Phi) is 6.85. The molecule has 1 aliphatic rings. The van der Waals surface area contributed by atoms with Crippen LogP contribution in [0.3, 0.4) is 0 Å². The predicted molar refractivity (Wildman–Crippen MR) is 127 cm³/mol. The standard InChI is InChI=1S/C23H24N4O4S2/c1-2-16-8-6-7-11-19(16)27-15-17(14-21(27)29)22-25-26-23(32-22)24-20(28)12-13-33(30,31)18-9-4-3-5-10-18/h3-11,17H,2,12-15H2,1H3,(H,24,26,28)/t17-/m0/s1. The van der Waals surface area contributed by atoms with Gasteiger partial charge >= 0.3 is 0 Å². The number of hydrogen-bond acceptors (Lipinski definition) is 7. The summed E-state index contributed by atoms with van der Waals surface area (Å²) >= 11 is 1.21. The molecule has 1 N–H and O–H groups in total. The van der Waals surface area contributed by atoms with Gasteiger partial charge in [0.25, 0.3) is 0 Å². The zero-order chi connectivity index (χ0) is 23.4. The second-order valence-electron chi connectivity index (χ2n) is 7.76. The van der Waals surface area contributed by atoms with Crippen LogP contribution in [-0.2, 0) is 25.8 Å². The maximum atomic E-state index is 12.7. The van der Waals surface area contributed by atoms with Gasteiger partial charge in [0.2, 0.25) is 16.9 Å². The Morgan fingerprint density at radius 3 is 2.61 bits per heavy atom. The van der Waals surface area contributed by atoms with E-state index in [0.29, 0.717) is 23.1 Å². The topological polar surface area (TPSA) is 109 Å². The number of rotatable bonds is 8. The molecule has 4 rings (SSSR count). The lowest BCUT2D eigenvalue weighted by Gasteiger charge is -2.19. The van der Waals surface area contributed by atoms with Crippen LogP contribution in [-0.4, -0.2) is 42.7 Å². The minimum atomic E-state index is -3.54. The lowest BCUT2D eigenvalue weighted by atomic mass is 10.1. The largest absolute Gasteiger partial charge is 0.311 e. The summed E-state index contributed by atoms with van der Waals surface area (Å²) < 4.78 is 24.7. The zero-order valence-corrected chi connectivity index (χ0v) is 19.7. The average molecular weight is 485 g/mol. The number of nitrogens with zero attached hydrogens (tertiary/aromatic N) is 3. The molecule has 172 valence electrons. The van der Waals surface area contributed by atoms with Crippen molar-refractivity contribution >= 4 is 43.8 Å². The van der Waals surface area contributed by atoms with Gasteiger partial charge in [-0.05, 0) is 30.2 Å². The number of nitrogens with one attached hydrogen (secondary N) is 1. The monoisotopic (exact) mass is 484 g/mol. The van der Waals surface area contributed by atoms with Crippen molar-refractivity contribution in [1.82, 2.24) is 10.2 Å². The van der Waals surface area contributed by atoms with Gasteiger partial charge < -0.3 is 10.2 Å². The van der Waals surface area contributed by atoms with E-state index in [1.54, 1.807) is 23.1 Å². The summed E-state index contributed by atoms with van der Waals surface area (Å²) in [4.78, 5) is 26.9. The molecule has 0 aliphatic carbocycles. The molecular formula is C23H24N4O4S2. The highest BCUT2D eigenvalue weighted by Crippen LogP contribution is 2.35. The van der Waals surface area contributed by atoms with Crippen LogP contribution in [0.2, 0.25) is 0 Å². The number of hydrogen-bond donors (Lipinski definition) is 1. The van der Waals surface area contributed by atoms with Gasteiger partial charge in [0, 0.05) is 31.0 Å². The molecule has 1 atom stereocenters. The molecular weight excluding hydrogens is 460 g/mol. The van der Waals surface area contributed by atoms with Gasteiger partial charge in [-0.3, -0.25) is 9.59 Å². The molecule has 2 aromatic carbocycles. The minimum absolute atomic E-state index is 0.0350. The molecule has 1 saturated heterocycles. The first-order valence-electron chi connectivity index (χ1n) is 10.7. The van der Waals surface area contributed by atoms with Crippen molar-refractivity contribution in [3.05, 3.63) is 65.2 Å². The first kappa shape index (κ1) is 23.1. The fourth-order valence-electron chi connectivity index (χ4n) is 3.78. The third-order valence-electron chi connectivity index (χ3n) is 5.52. The molecule has 3 aromatic rings. The van der Waals surface area contributed by atoms with Crippen molar-refractivity contribution in [3.8, 4) is 0 Å². The number of sulfone groups is 1. The predicted octanol–water partition coefficient (Wildman–Crippen LogP) is 3.42. The first-order chi connectivity index (χ1) is 15.9. The third kappa shape index (κ3) is 5.28. The number of para-hydroxylation sites is 1. The maximum Gasteiger partial charge on any atom is 0.227 e. The number of carbonyl (C=O) groups excluding carboxylic acids is 2. The van der Waals surface area contributed by atoms with E-state index in [0.717, 1.165) is 17.7 Å². The van der Waals surface area contributed by atoms with Crippen molar-refractivity contribution in [2.24, 2.45) is 0 Å². The quantitative estimate of drug-likeness (QED) is 0.525. The summed E-state index contributed by atoms with van der Waals surface area (Å²) in [5.74, 6) is -0.813. The van der Waals surface area contributed by atoms with Crippen LogP contribution in [0.5, 0.6) is 0 Å². The molecule has 0 saturated carbocycles. The maximum absolute atomic E-state index is 12.7. The number of aromatic nitrogens is 2. The van der Waals surface area contributed by atoms with Crippen molar-refractivity contribution < 1.29 is 18.0 Å². The van der Waals surface area contributed by atoms with E-state index in [-0.39, 0.29) is 28.9 Å². The third-order valence-corrected chi connectivity index (χ3v) is 8.26. The van der Waals surface area contributed by atoms with E-state index >= 15 is 0 Å². The Morgan fingerprint density at radius 2 is 1.85 bits per heavy atom. The van der Waals surface area contributed by atoms with Crippen molar-refractivity contribution in [3.63, 3.8) is 0 Å². The molecule has 2 amide bonds. The van der Waals surface area contributed by atoms with Gasteiger partial charge in [-0.25, -0.2) is 8.42 Å². The molecule has 0 spiro atoms. The van der Waals surface area contributed by atoms with Gasteiger partial charge in [0.15, 0.2) is 9.84 Å². The number of aryl methyl sites for hydroxylation is 1. The van der Waals surface area contributed by atoms with Crippen LogP contribution in [0.4, 0.5) is 10.8 Å². The highest BCUT2D eigenvalue weighted by Gasteiger charge is 2.34. The smallest absolute Gasteiger partial charge is 0.227 e. The molecule has 0 unspecified atom stereocenters. The molecule has 0 radical (unpaired) electrons. The van der Waals surface area contributed by atoms with E-state index in [4.69, 9.17) is 0 Å². The highest BCUT2D eigenvalue weighted by molar-refractivity contribution is 7.91. The van der Waals surface area contributed by atoms with Gasteiger partial charge in [0.05, 0.1) is 10.6 Å². The van der Waals surface area contributed by atoms with Gasteiger partial charge in [-0.15, -0.1) is 10.2 Å². The van der Waals surface area contributed by atoms with Gasteiger partial charge in [-0.1, -0.05) is 54.7 Å². The molecule has 8 nitrogen and oxygen atoms in total. The Morgan fingerprint density at radius 1 is 1.12 bits per heavy atom. The van der Waals surface area contributed by atoms with Crippen molar-refractivity contribution in [2.45, 2.75) is 37.0 Å². The zero-order valence-electron chi connectivity index (χ0n) is 18.1. The molecule has 33 heavy (non-hydrogen) atoms. The Hall–Kier alpha value is -3.11. The average Bonchev–Trinajstić information content (AvgIpc) is 3.45. The van der Waals surface area contributed by atoms with E-state index in [1.807, 2.05) is 24.3 Å². The molecule has 1 fully saturated rings. The second kappa shape index (κ2) is 9.80. The minimum Gasteiger partial charge on any atom is -0.311 e. The lowest BCUT2D eigenvalue weighted by molar-refractivity contribution is -0.117. The number of anilines is 2. The van der Waals surface area contributed by atoms with Crippen LogP contribution in [0.15, 0.2) is 59.5 Å². The summed E-state index contributed by atoms with van der Waals surface area (Å²) in [5, 5.41) is 11.8. The lowest BCUT2D eigenvalue weighted by Crippen LogP contribution is -2.25. The Bertz CT molecular complexity index is 1260. The van der Waals surface area contributed by atoms with E-state index < -0.39 is 15.7 Å². The molecule has 1 aliphatic heterocycles. The van der Waals surface area contributed by atoms with Gasteiger partial charge in [-0.2, -0.15) is 0 Å². The number of amides is 2. The van der Waals surface area contributed by atoms with Crippen LogP contribution in [0.1, 0.15) is 36.3 Å². The highest BCUT2D eigenvalue weighted by atomic mass is 32.2. The van der Waals surface area contributed by atoms with Crippen LogP contribution < -0.4 is 10.2 Å². The van der Waals surface area contributed by atoms with E-state index in [1.165, 1.54) is 23.5 Å². The van der Waals surface area contributed by atoms with Crippen molar-refractivity contribution in [2.75, 3.05) is 22.5 Å². The molecule has 2 heterocycles. The number of benzene rings is 2. The van der Waals surface area contributed by atoms with E-state index in [9.17, 15) is 18.0 Å². The van der Waals surface area contributed by atoms with Crippen LogP contribution in [0.25, 0.3) is 0 Å². The molecule has 1 aromatic heterocycles. The normalized spacial score (nSPS) is 16.2. The fraction of sp³-hybridized carbons (Fsp3) is 0.304. The Labute approximate surface area is 196 Å². The summed E-state index contributed by atoms with van der Waals surface area (Å²) in [6.45, 7) is 2.56. The van der Waals surface area contributed by atoms with Crippen LogP contribution >= 0.6 is 11.3 Å². The summed E-state index contributed by atoms with van der Waals surface area (Å²) in [7, 11) is -3.54. The fourth-order valence-corrected chi connectivity index (χ4v) is 5.90. The van der Waals surface area contributed by atoms with Crippen LogP contribution in [0, 0.1) is 0 Å². The SMILES string of the molecule is CCc1ccccc1N1C[C@@H](c2nnc(NC(=O)CCS(=O)(=O)c3ccccc3)s2)CC1=O. The Balaban J connectivity index is 1.36. The number of carbonyl (C=O) groups is 2. The van der Waals surface area contributed by atoms with Crippen molar-refractivity contribution in [1.29, 1.82) is 0 Å².